The summed E-state index contributed by atoms with van der Waals surface area (Å²) in [5, 5.41) is 17.3. The summed E-state index contributed by atoms with van der Waals surface area (Å²) in [7, 11) is 0. The van der Waals surface area contributed by atoms with Gasteiger partial charge in [0.1, 0.15) is 11.9 Å². The topological polar surface area (TPSA) is 53.7 Å². The molecule has 0 saturated heterocycles. The van der Waals surface area contributed by atoms with Crippen LogP contribution in [-0.2, 0) is 6.42 Å². The number of para-hydroxylation sites is 1. The van der Waals surface area contributed by atoms with Gasteiger partial charge in [0.25, 0.3) is 0 Å². The Morgan fingerprint density at radius 3 is 2.88 bits per heavy atom. The highest BCUT2D eigenvalue weighted by molar-refractivity contribution is 7.17. The van der Waals surface area contributed by atoms with Crippen molar-refractivity contribution in [2.75, 3.05) is 11.4 Å². The summed E-state index contributed by atoms with van der Waals surface area (Å²) in [6.07, 6.45) is 2.21. The van der Waals surface area contributed by atoms with E-state index in [0.29, 0.717) is 5.82 Å². The van der Waals surface area contributed by atoms with Gasteiger partial charge in [-0.25, -0.2) is 4.98 Å². The van der Waals surface area contributed by atoms with Gasteiger partial charge in [-0.05, 0) is 42.8 Å². The molecule has 1 aliphatic rings. The molecule has 5 rings (SSSR count). The van der Waals surface area contributed by atoms with Crippen molar-refractivity contribution in [2.24, 2.45) is 0 Å². The number of hydrogen-bond donors (Lipinski definition) is 1. The molecular weight excluding hydrogens is 364 g/mol. The molecule has 0 saturated carbocycles. The molecule has 5 nitrogen and oxygen atoms in total. The zero-order valence-corrected chi connectivity index (χ0v) is 15.9. The first-order chi connectivity index (χ1) is 12.7. The molecule has 0 radical (unpaired) electrons. The largest absolute Gasteiger partial charge is 0.492 e. The van der Waals surface area contributed by atoms with Crippen molar-refractivity contribution in [1.82, 2.24) is 14.6 Å². The van der Waals surface area contributed by atoms with E-state index < -0.39 is 0 Å². The molecule has 26 heavy (non-hydrogen) atoms. The van der Waals surface area contributed by atoms with Crippen molar-refractivity contribution >= 4 is 33.3 Å². The number of aryl methyl sites for hydroxylation is 2. The maximum absolute atomic E-state index is 10.9. The van der Waals surface area contributed by atoms with Crippen LogP contribution in [-0.4, -0.2) is 26.2 Å². The number of rotatable bonds is 3. The minimum atomic E-state index is -0.0229. The molecule has 0 amide bonds. The van der Waals surface area contributed by atoms with Gasteiger partial charge in [0.2, 0.25) is 10.8 Å². The number of hydrogen-bond acceptors (Lipinski definition) is 6. The molecule has 1 atom stereocenters. The van der Waals surface area contributed by atoms with E-state index in [2.05, 4.69) is 56.8 Å². The van der Waals surface area contributed by atoms with Gasteiger partial charge in [-0.15, -0.1) is 16.4 Å². The van der Waals surface area contributed by atoms with E-state index in [1.165, 1.54) is 27.5 Å². The Balaban J connectivity index is 1.70. The molecular formula is C19H18N4OS2. The van der Waals surface area contributed by atoms with Gasteiger partial charge in [0.15, 0.2) is 0 Å². The van der Waals surface area contributed by atoms with Gasteiger partial charge < -0.3 is 10.0 Å². The van der Waals surface area contributed by atoms with E-state index in [-0.39, 0.29) is 11.9 Å². The first-order valence-electron chi connectivity index (χ1n) is 8.65. The second kappa shape index (κ2) is 6.10. The van der Waals surface area contributed by atoms with Crippen molar-refractivity contribution in [2.45, 2.75) is 25.8 Å². The zero-order valence-electron chi connectivity index (χ0n) is 14.3. The van der Waals surface area contributed by atoms with Gasteiger partial charge >= 0.3 is 0 Å². The lowest BCUT2D eigenvalue weighted by atomic mass is 9.99. The van der Waals surface area contributed by atoms with Crippen LogP contribution in [0.2, 0.25) is 0 Å². The maximum Gasteiger partial charge on any atom is 0.231 e. The van der Waals surface area contributed by atoms with Gasteiger partial charge in [-0.2, -0.15) is 4.52 Å². The molecule has 1 N–H and O–H groups in total. The van der Waals surface area contributed by atoms with Crippen LogP contribution in [0.25, 0.3) is 4.96 Å². The standard InChI is InChI=1S/C19H18N4OS2/c1-12-20-19-23(21-12)18(24)17(26-19)16(15-9-5-11-25-15)22-10-4-7-13-6-2-3-8-14(13)22/h2-3,5-6,8-9,11,16,24H,4,7,10H2,1H3. The smallest absolute Gasteiger partial charge is 0.231 e. The predicted octanol–water partition coefficient (Wildman–Crippen LogP) is 4.41. The number of fused-ring (bicyclic) bond motifs is 2. The fraction of sp³-hybridized carbons (Fsp3) is 0.263. The molecule has 4 aromatic rings. The normalized spacial score (nSPS) is 15.3. The van der Waals surface area contributed by atoms with Gasteiger partial charge in [0.05, 0.1) is 4.88 Å². The third-order valence-electron chi connectivity index (χ3n) is 4.82. The van der Waals surface area contributed by atoms with E-state index in [0.717, 1.165) is 29.2 Å². The van der Waals surface area contributed by atoms with Crippen molar-refractivity contribution in [3.8, 4) is 5.88 Å². The highest BCUT2D eigenvalue weighted by Crippen LogP contribution is 2.44. The van der Waals surface area contributed by atoms with E-state index >= 15 is 0 Å². The second-order valence-corrected chi connectivity index (χ2v) is 8.48. The molecule has 0 bridgehead atoms. The second-order valence-electron chi connectivity index (χ2n) is 6.49. The van der Waals surface area contributed by atoms with Crippen LogP contribution in [0.4, 0.5) is 5.69 Å². The fourth-order valence-electron chi connectivity index (χ4n) is 3.73. The number of aromatic hydroxyl groups is 1. The van der Waals surface area contributed by atoms with Crippen LogP contribution in [0.1, 0.15) is 33.6 Å². The minimum Gasteiger partial charge on any atom is -0.492 e. The molecule has 7 heteroatoms. The van der Waals surface area contributed by atoms with Crippen LogP contribution < -0.4 is 4.90 Å². The Labute approximate surface area is 159 Å². The summed E-state index contributed by atoms with van der Waals surface area (Å²) in [6.45, 7) is 2.81. The summed E-state index contributed by atoms with van der Waals surface area (Å²) in [5.41, 5.74) is 2.63. The van der Waals surface area contributed by atoms with Gasteiger partial charge in [-0.3, -0.25) is 0 Å². The Kier molecular flexibility index (Phi) is 3.72. The number of benzene rings is 1. The highest BCUT2D eigenvalue weighted by atomic mass is 32.1. The zero-order chi connectivity index (χ0) is 17.7. The molecule has 0 spiro atoms. The summed E-state index contributed by atoms with van der Waals surface area (Å²) in [6, 6.07) is 12.8. The van der Waals surface area contributed by atoms with Crippen LogP contribution >= 0.6 is 22.7 Å². The first kappa shape index (κ1) is 15.8. The minimum absolute atomic E-state index is 0.0229. The van der Waals surface area contributed by atoms with E-state index in [1.54, 1.807) is 15.9 Å². The Hall–Kier alpha value is -2.38. The SMILES string of the molecule is Cc1nc2sc(C(c3cccs3)N3CCCc4ccccc43)c(O)n2n1. The quantitative estimate of drug-likeness (QED) is 0.570. The first-order valence-corrected chi connectivity index (χ1v) is 10.3. The number of nitrogens with zero attached hydrogens (tertiary/aromatic N) is 4. The molecule has 3 aromatic heterocycles. The monoisotopic (exact) mass is 382 g/mol. The van der Waals surface area contributed by atoms with Crippen molar-refractivity contribution in [3.05, 3.63) is 62.9 Å². The van der Waals surface area contributed by atoms with Crippen LogP contribution in [0, 0.1) is 6.92 Å². The maximum atomic E-state index is 10.9. The Morgan fingerprint density at radius 1 is 1.19 bits per heavy atom. The van der Waals surface area contributed by atoms with Crippen LogP contribution in [0.5, 0.6) is 5.88 Å². The summed E-state index contributed by atoms with van der Waals surface area (Å²) >= 11 is 3.25. The number of thiazole rings is 1. The fourth-order valence-corrected chi connectivity index (χ4v) is 5.78. The third kappa shape index (κ3) is 2.42. The molecule has 4 heterocycles. The average Bonchev–Trinajstić information content (AvgIpc) is 3.36. The van der Waals surface area contributed by atoms with Crippen molar-refractivity contribution in [3.63, 3.8) is 0 Å². The summed E-state index contributed by atoms with van der Waals surface area (Å²) < 4.78 is 1.56. The molecule has 0 aliphatic carbocycles. The van der Waals surface area contributed by atoms with Crippen molar-refractivity contribution in [1.29, 1.82) is 0 Å². The molecule has 1 unspecified atom stereocenters. The molecule has 1 aromatic carbocycles. The molecule has 1 aliphatic heterocycles. The Morgan fingerprint density at radius 2 is 2.08 bits per heavy atom. The summed E-state index contributed by atoms with van der Waals surface area (Å²) in [5.74, 6) is 0.876. The average molecular weight is 383 g/mol. The van der Waals surface area contributed by atoms with Crippen LogP contribution in [0.3, 0.4) is 0 Å². The lowest BCUT2D eigenvalue weighted by Gasteiger charge is -2.37. The van der Waals surface area contributed by atoms with Crippen molar-refractivity contribution < 1.29 is 5.11 Å². The Bertz CT molecular complexity index is 1070. The molecule has 0 fully saturated rings. The van der Waals surface area contributed by atoms with Gasteiger partial charge in [-0.1, -0.05) is 35.6 Å². The highest BCUT2D eigenvalue weighted by Gasteiger charge is 2.32. The lowest BCUT2D eigenvalue weighted by Crippen LogP contribution is -2.33. The molecule has 132 valence electrons. The van der Waals surface area contributed by atoms with Gasteiger partial charge in [0, 0.05) is 17.1 Å². The third-order valence-corrected chi connectivity index (χ3v) is 6.82. The van der Waals surface area contributed by atoms with Crippen LogP contribution in [0.15, 0.2) is 41.8 Å². The number of anilines is 1. The number of aromatic nitrogens is 3. The van der Waals surface area contributed by atoms with E-state index in [4.69, 9.17) is 0 Å². The lowest BCUT2D eigenvalue weighted by molar-refractivity contribution is 0.430. The van der Waals surface area contributed by atoms with E-state index in [9.17, 15) is 5.11 Å². The number of thiophene rings is 1. The predicted molar refractivity (Wildman–Crippen MR) is 106 cm³/mol. The van der Waals surface area contributed by atoms with E-state index in [1.807, 2.05) is 6.92 Å². The summed E-state index contributed by atoms with van der Waals surface area (Å²) in [4.78, 5) is 9.72.